The monoisotopic (exact) mass is 460 g/mol. The number of rotatable bonds is 7. The van der Waals surface area contributed by atoms with Crippen molar-refractivity contribution in [2.45, 2.75) is 52.1 Å². The summed E-state index contributed by atoms with van der Waals surface area (Å²) < 4.78 is 12.2. The largest absolute Gasteiger partial charge is 0.489 e. The van der Waals surface area contributed by atoms with Gasteiger partial charge in [-0.1, -0.05) is 19.4 Å². The first-order valence-corrected chi connectivity index (χ1v) is 12.4. The lowest BCUT2D eigenvalue weighted by Gasteiger charge is -2.29. The number of piperidine rings is 1. The highest BCUT2D eigenvalue weighted by Crippen LogP contribution is 2.28. The van der Waals surface area contributed by atoms with Gasteiger partial charge in [-0.15, -0.1) is 0 Å². The highest BCUT2D eigenvalue weighted by molar-refractivity contribution is 6.07. The Balaban J connectivity index is 1.29. The van der Waals surface area contributed by atoms with Gasteiger partial charge in [-0.25, -0.2) is 10.4 Å². The minimum Gasteiger partial charge on any atom is -0.489 e. The van der Waals surface area contributed by atoms with Crippen LogP contribution < -0.4 is 10.2 Å². The molecule has 5 rings (SSSR count). The number of oxazole rings is 1. The Morgan fingerprint density at radius 1 is 1.12 bits per heavy atom. The Kier molecular flexibility index (Phi) is 6.63. The molecule has 2 aliphatic rings. The van der Waals surface area contributed by atoms with Crippen LogP contribution in [0, 0.1) is 5.92 Å². The van der Waals surface area contributed by atoms with Gasteiger partial charge in [0.2, 0.25) is 11.8 Å². The Hall–Kier alpha value is -3.19. The van der Waals surface area contributed by atoms with Crippen molar-refractivity contribution in [3.8, 4) is 17.2 Å². The second-order valence-electron chi connectivity index (χ2n) is 9.36. The van der Waals surface area contributed by atoms with E-state index in [4.69, 9.17) is 9.15 Å². The van der Waals surface area contributed by atoms with Crippen LogP contribution in [-0.2, 0) is 4.79 Å². The molecule has 7 nitrogen and oxygen atoms in total. The maximum Gasteiger partial charge on any atom is 0.240 e. The number of carbonyl (C=O) groups excluding carboxylic acids is 1. The van der Waals surface area contributed by atoms with Crippen LogP contribution in [0.1, 0.15) is 51.5 Å². The van der Waals surface area contributed by atoms with Crippen molar-refractivity contribution >= 4 is 22.7 Å². The van der Waals surface area contributed by atoms with Gasteiger partial charge in [-0.3, -0.25) is 9.69 Å². The number of likely N-dealkylation sites (tertiary alicyclic amines) is 1. The third kappa shape index (κ3) is 4.99. The van der Waals surface area contributed by atoms with Gasteiger partial charge < -0.3 is 9.15 Å². The SMILES string of the molecule is CCC1CC(=O)NN=C1c1ccc2nc(-c3ccc(OC(C)CN4CCCCC4)cc3)oc2c1. The molecule has 0 aliphatic carbocycles. The summed E-state index contributed by atoms with van der Waals surface area (Å²) in [6, 6.07) is 13.8. The molecule has 0 saturated carbocycles. The van der Waals surface area contributed by atoms with E-state index in [1.54, 1.807) is 0 Å². The molecule has 34 heavy (non-hydrogen) atoms. The number of aromatic nitrogens is 1. The fourth-order valence-corrected chi connectivity index (χ4v) is 4.88. The Morgan fingerprint density at radius 3 is 2.65 bits per heavy atom. The highest BCUT2D eigenvalue weighted by Gasteiger charge is 2.24. The number of hydrazone groups is 1. The van der Waals surface area contributed by atoms with Crippen molar-refractivity contribution in [3.05, 3.63) is 48.0 Å². The van der Waals surface area contributed by atoms with Crippen LogP contribution in [0.25, 0.3) is 22.6 Å². The van der Waals surface area contributed by atoms with E-state index < -0.39 is 0 Å². The summed E-state index contributed by atoms with van der Waals surface area (Å²) in [5, 5.41) is 4.31. The average molecular weight is 461 g/mol. The Bertz CT molecular complexity index is 1180. The lowest BCUT2D eigenvalue weighted by atomic mass is 9.90. The summed E-state index contributed by atoms with van der Waals surface area (Å²) in [5.41, 5.74) is 6.85. The van der Waals surface area contributed by atoms with E-state index in [1.165, 1.54) is 32.4 Å². The van der Waals surface area contributed by atoms with Crippen LogP contribution in [0.4, 0.5) is 0 Å². The molecular weight excluding hydrogens is 428 g/mol. The van der Waals surface area contributed by atoms with Crippen molar-refractivity contribution in [2.75, 3.05) is 19.6 Å². The fraction of sp³-hybridized carbons (Fsp3) is 0.444. The van der Waals surface area contributed by atoms with E-state index in [-0.39, 0.29) is 17.9 Å². The minimum atomic E-state index is -0.0352. The number of fused-ring (bicyclic) bond motifs is 1. The Labute approximate surface area is 200 Å². The van der Waals surface area contributed by atoms with Gasteiger partial charge in [0.1, 0.15) is 17.4 Å². The fourth-order valence-electron chi connectivity index (χ4n) is 4.88. The summed E-state index contributed by atoms with van der Waals surface area (Å²) in [4.78, 5) is 18.9. The Morgan fingerprint density at radius 2 is 1.88 bits per heavy atom. The lowest BCUT2D eigenvalue weighted by molar-refractivity contribution is -0.122. The van der Waals surface area contributed by atoms with Crippen LogP contribution in [0.3, 0.4) is 0 Å². The lowest BCUT2D eigenvalue weighted by Crippen LogP contribution is -2.37. The maximum absolute atomic E-state index is 11.7. The number of carbonyl (C=O) groups is 1. The van der Waals surface area contributed by atoms with Gasteiger partial charge in [0, 0.05) is 30.0 Å². The quantitative estimate of drug-likeness (QED) is 0.537. The summed E-state index contributed by atoms with van der Waals surface area (Å²) in [6.07, 6.45) is 5.38. The van der Waals surface area contributed by atoms with Crippen LogP contribution in [0.5, 0.6) is 5.75 Å². The van der Waals surface area contributed by atoms with Crippen molar-refractivity contribution in [1.29, 1.82) is 0 Å². The number of nitrogens with zero attached hydrogens (tertiary/aromatic N) is 3. The molecule has 3 aromatic rings. The van der Waals surface area contributed by atoms with E-state index in [9.17, 15) is 4.79 Å². The number of hydrogen-bond donors (Lipinski definition) is 1. The molecule has 2 aromatic carbocycles. The summed E-state index contributed by atoms with van der Waals surface area (Å²) >= 11 is 0. The number of amides is 1. The minimum absolute atomic E-state index is 0.0352. The van der Waals surface area contributed by atoms with Crippen LogP contribution in [0.2, 0.25) is 0 Å². The number of nitrogens with one attached hydrogen (secondary N) is 1. The van der Waals surface area contributed by atoms with E-state index in [0.717, 1.165) is 41.1 Å². The molecule has 1 amide bonds. The van der Waals surface area contributed by atoms with Gasteiger partial charge in [0.25, 0.3) is 0 Å². The van der Waals surface area contributed by atoms with Crippen LogP contribution in [0.15, 0.2) is 52.0 Å². The van der Waals surface area contributed by atoms with Crippen molar-refractivity contribution in [1.82, 2.24) is 15.3 Å². The maximum atomic E-state index is 11.7. The van der Waals surface area contributed by atoms with E-state index in [0.29, 0.717) is 17.9 Å². The zero-order valence-corrected chi connectivity index (χ0v) is 19.9. The second-order valence-corrected chi connectivity index (χ2v) is 9.36. The van der Waals surface area contributed by atoms with Crippen LogP contribution >= 0.6 is 0 Å². The van der Waals surface area contributed by atoms with E-state index in [1.807, 2.05) is 42.5 Å². The standard InChI is InChI=1S/C27H32N4O3/c1-3-19-16-25(32)29-30-26(19)21-9-12-23-24(15-21)34-27(28-23)20-7-10-22(11-8-20)33-18(2)17-31-13-5-4-6-14-31/h7-12,15,18-19H,3-6,13-14,16-17H2,1-2H3,(H,29,32). The zero-order chi connectivity index (χ0) is 23.5. The number of hydrogen-bond acceptors (Lipinski definition) is 6. The normalized spacial score (nSPS) is 20.1. The average Bonchev–Trinajstić information content (AvgIpc) is 3.28. The third-order valence-electron chi connectivity index (χ3n) is 6.70. The topological polar surface area (TPSA) is 80.0 Å². The van der Waals surface area contributed by atoms with E-state index >= 15 is 0 Å². The van der Waals surface area contributed by atoms with Crippen molar-refractivity contribution in [3.63, 3.8) is 0 Å². The molecule has 1 aromatic heterocycles. The van der Waals surface area contributed by atoms with Crippen molar-refractivity contribution in [2.24, 2.45) is 11.0 Å². The van der Waals surface area contributed by atoms with Gasteiger partial charge in [0.15, 0.2) is 5.58 Å². The molecule has 1 N–H and O–H groups in total. The van der Waals surface area contributed by atoms with Gasteiger partial charge in [-0.2, -0.15) is 5.10 Å². The molecule has 1 fully saturated rings. The molecule has 0 spiro atoms. The van der Waals surface area contributed by atoms with Gasteiger partial charge >= 0.3 is 0 Å². The molecule has 7 heteroatoms. The predicted molar refractivity (Wildman–Crippen MR) is 133 cm³/mol. The molecule has 3 heterocycles. The molecular formula is C27H32N4O3. The number of benzene rings is 2. The molecule has 2 aliphatic heterocycles. The highest BCUT2D eigenvalue weighted by atomic mass is 16.5. The first-order valence-electron chi connectivity index (χ1n) is 12.4. The first-order chi connectivity index (χ1) is 16.6. The van der Waals surface area contributed by atoms with Crippen LogP contribution in [-0.4, -0.2) is 47.2 Å². The molecule has 0 bridgehead atoms. The molecule has 1 saturated heterocycles. The number of ether oxygens (including phenoxy) is 1. The first kappa shape index (κ1) is 22.6. The third-order valence-corrected chi connectivity index (χ3v) is 6.70. The summed E-state index contributed by atoms with van der Waals surface area (Å²) in [5.74, 6) is 1.51. The van der Waals surface area contributed by atoms with Gasteiger partial charge in [-0.05, 0) is 75.7 Å². The zero-order valence-electron chi connectivity index (χ0n) is 19.9. The molecule has 178 valence electrons. The summed E-state index contributed by atoms with van der Waals surface area (Å²) in [7, 11) is 0. The second kappa shape index (κ2) is 9.97. The van der Waals surface area contributed by atoms with Gasteiger partial charge in [0.05, 0.1) is 5.71 Å². The predicted octanol–water partition coefficient (Wildman–Crippen LogP) is 5.00. The van der Waals surface area contributed by atoms with E-state index in [2.05, 4.69) is 34.3 Å². The molecule has 0 radical (unpaired) electrons. The smallest absolute Gasteiger partial charge is 0.240 e. The molecule has 2 unspecified atom stereocenters. The summed E-state index contributed by atoms with van der Waals surface area (Å²) in [6.45, 7) is 7.51. The molecule has 2 atom stereocenters. The van der Waals surface area contributed by atoms with Crippen molar-refractivity contribution < 1.29 is 13.9 Å².